The normalized spacial score (nSPS) is 18.6. The third-order valence-corrected chi connectivity index (χ3v) is 6.24. The number of rotatable bonds is 4. The zero-order valence-corrected chi connectivity index (χ0v) is 14.2. The molecule has 1 aromatic rings. The van der Waals surface area contributed by atoms with Gasteiger partial charge in [0.15, 0.2) is 0 Å². The van der Waals surface area contributed by atoms with Gasteiger partial charge in [0, 0.05) is 25.3 Å². The molecule has 0 saturated carbocycles. The predicted octanol–water partition coefficient (Wildman–Crippen LogP) is 2.23. The Bertz CT molecular complexity index is 566. The van der Waals surface area contributed by atoms with Crippen molar-refractivity contribution < 1.29 is 8.42 Å². The van der Waals surface area contributed by atoms with Gasteiger partial charge in [-0.25, -0.2) is 13.4 Å². The number of sulfonamides is 1. The smallest absolute Gasteiger partial charge is 0.244 e. The SMILES string of the molecule is CC(C)N1CCC(N(C)S(=O)(=O)c2ccc(Cl)nc2)CC1. The molecular weight excluding hydrogens is 310 g/mol. The van der Waals surface area contributed by atoms with Crippen molar-refractivity contribution in [1.82, 2.24) is 14.2 Å². The maximum Gasteiger partial charge on any atom is 0.244 e. The van der Waals surface area contributed by atoms with E-state index in [9.17, 15) is 8.42 Å². The molecular formula is C14H22ClN3O2S. The number of pyridine rings is 1. The monoisotopic (exact) mass is 331 g/mol. The van der Waals surface area contributed by atoms with E-state index in [1.165, 1.54) is 22.6 Å². The Labute approximate surface area is 132 Å². The van der Waals surface area contributed by atoms with Gasteiger partial charge in [0.1, 0.15) is 10.0 Å². The summed E-state index contributed by atoms with van der Waals surface area (Å²) in [4.78, 5) is 6.43. The van der Waals surface area contributed by atoms with Crippen LogP contribution in [0.3, 0.4) is 0 Å². The molecule has 118 valence electrons. The molecule has 0 atom stereocenters. The van der Waals surface area contributed by atoms with Crippen LogP contribution in [-0.2, 0) is 10.0 Å². The molecule has 21 heavy (non-hydrogen) atoms. The Kier molecular flexibility index (Phi) is 5.24. The number of halogens is 1. The van der Waals surface area contributed by atoms with Crippen LogP contribution >= 0.6 is 11.6 Å². The molecule has 1 saturated heterocycles. The lowest BCUT2D eigenvalue weighted by molar-refractivity contribution is 0.140. The van der Waals surface area contributed by atoms with Crippen LogP contribution in [0.15, 0.2) is 23.2 Å². The maximum absolute atomic E-state index is 12.6. The van der Waals surface area contributed by atoms with E-state index < -0.39 is 10.0 Å². The molecule has 5 nitrogen and oxygen atoms in total. The first-order valence-electron chi connectivity index (χ1n) is 7.16. The summed E-state index contributed by atoms with van der Waals surface area (Å²) in [5.41, 5.74) is 0. The molecule has 0 radical (unpaired) electrons. The molecule has 0 bridgehead atoms. The summed E-state index contributed by atoms with van der Waals surface area (Å²) in [6, 6.07) is 3.56. The van der Waals surface area contributed by atoms with Gasteiger partial charge in [-0.05, 0) is 51.9 Å². The average molecular weight is 332 g/mol. The topological polar surface area (TPSA) is 53.5 Å². The summed E-state index contributed by atoms with van der Waals surface area (Å²) in [5.74, 6) is 0. The molecule has 0 spiro atoms. The van der Waals surface area contributed by atoms with Gasteiger partial charge in [-0.15, -0.1) is 0 Å². The number of hydrogen-bond acceptors (Lipinski definition) is 4. The summed E-state index contributed by atoms with van der Waals surface area (Å²) < 4.78 is 26.7. The second-order valence-corrected chi connectivity index (χ2v) is 8.08. The third kappa shape index (κ3) is 3.74. The van der Waals surface area contributed by atoms with Gasteiger partial charge < -0.3 is 4.90 Å². The van der Waals surface area contributed by atoms with E-state index in [0.29, 0.717) is 11.2 Å². The molecule has 0 amide bonds. The molecule has 0 N–H and O–H groups in total. The highest BCUT2D eigenvalue weighted by Crippen LogP contribution is 2.23. The number of nitrogens with zero attached hydrogens (tertiary/aromatic N) is 3. The zero-order valence-electron chi connectivity index (χ0n) is 12.7. The molecule has 2 rings (SSSR count). The Balaban J connectivity index is 2.09. The van der Waals surface area contributed by atoms with Gasteiger partial charge in [-0.3, -0.25) is 0 Å². The van der Waals surface area contributed by atoms with Crippen molar-refractivity contribution in [3.63, 3.8) is 0 Å². The minimum Gasteiger partial charge on any atom is -0.301 e. The molecule has 0 aliphatic carbocycles. The first-order valence-corrected chi connectivity index (χ1v) is 8.98. The quantitative estimate of drug-likeness (QED) is 0.794. The number of likely N-dealkylation sites (tertiary alicyclic amines) is 1. The first kappa shape index (κ1) is 16.7. The van der Waals surface area contributed by atoms with Crippen LogP contribution in [0.25, 0.3) is 0 Å². The van der Waals surface area contributed by atoms with Crippen molar-refractivity contribution >= 4 is 21.6 Å². The Morgan fingerprint density at radius 1 is 1.33 bits per heavy atom. The standard InChI is InChI=1S/C14H22ClN3O2S/c1-11(2)18-8-6-12(7-9-18)17(3)21(19,20)13-4-5-14(15)16-10-13/h4-5,10-12H,6-9H2,1-3H3. The van der Waals surface area contributed by atoms with Gasteiger partial charge >= 0.3 is 0 Å². The van der Waals surface area contributed by atoms with Crippen LogP contribution in [-0.4, -0.2) is 54.8 Å². The van der Waals surface area contributed by atoms with E-state index in [1.807, 2.05) is 0 Å². The van der Waals surface area contributed by atoms with Crippen LogP contribution < -0.4 is 0 Å². The first-order chi connectivity index (χ1) is 9.82. The van der Waals surface area contributed by atoms with E-state index in [4.69, 9.17) is 11.6 Å². The van der Waals surface area contributed by atoms with Crippen LogP contribution in [0.5, 0.6) is 0 Å². The van der Waals surface area contributed by atoms with Gasteiger partial charge in [-0.2, -0.15) is 4.31 Å². The Morgan fingerprint density at radius 3 is 2.43 bits per heavy atom. The highest BCUT2D eigenvalue weighted by atomic mass is 35.5. The highest BCUT2D eigenvalue weighted by Gasteiger charge is 2.31. The molecule has 1 aliphatic heterocycles. The molecule has 1 fully saturated rings. The minimum atomic E-state index is -3.50. The summed E-state index contributed by atoms with van der Waals surface area (Å²) in [6.45, 7) is 6.20. The highest BCUT2D eigenvalue weighted by molar-refractivity contribution is 7.89. The Hall–Kier alpha value is -0.690. The summed E-state index contributed by atoms with van der Waals surface area (Å²) in [5, 5.41) is 0.293. The fraction of sp³-hybridized carbons (Fsp3) is 0.643. The second kappa shape index (κ2) is 6.60. The molecule has 0 unspecified atom stereocenters. The number of hydrogen-bond donors (Lipinski definition) is 0. The average Bonchev–Trinajstić information content (AvgIpc) is 2.47. The van der Waals surface area contributed by atoms with E-state index in [-0.39, 0.29) is 10.9 Å². The number of piperidine rings is 1. The van der Waals surface area contributed by atoms with Crippen molar-refractivity contribution in [3.05, 3.63) is 23.5 Å². The van der Waals surface area contributed by atoms with Gasteiger partial charge in [-0.1, -0.05) is 11.6 Å². The van der Waals surface area contributed by atoms with Crippen molar-refractivity contribution in [2.24, 2.45) is 0 Å². The Morgan fingerprint density at radius 2 is 1.95 bits per heavy atom. The molecule has 0 aromatic carbocycles. The fourth-order valence-corrected chi connectivity index (χ4v) is 4.12. The number of aromatic nitrogens is 1. The van der Waals surface area contributed by atoms with Crippen LogP contribution in [0.1, 0.15) is 26.7 Å². The van der Waals surface area contributed by atoms with E-state index in [2.05, 4.69) is 23.7 Å². The van der Waals surface area contributed by atoms with Crippen molar-refractivity contribution in [3.8, 4) is 0 Å². The van der Waals surface area contributed by atoms with E-state index in [0.717, 1.165) is 25.9 Å². The van der Waals surface area contributed by atoms with Crippen molar-refractivity contribution in [2.75, 3.05) is 20.1 Å². The minimum absolute atomic E-state index is 0.0423. The lowest BCUT2D eigenvalue weighted by atomic mass is 10.0. The third-order valence-electron chi connectivity index (χ3n) is 4.12. The summed E-state index contributed by atoms with van der Waals surface area (Å²) in [7, 11) is -1.85. The second-order valence-electron chi connectivity index (χ2n) is 5.70. The molecule has 1 aliphatic rings. The summed E-state index contributed by atoms with van der Waals surface area (Å²) in [6.07, 6.45) is 3.03. The van der Waals surface area contributed by atoms with Crippen LogP contribution in [0, 0.1) is 0 Å². The van der Waals surface area contributed by atoms with Gasteiger partial charge in [0.25, 0.3) is 0 Å². The van der Waals surface area contributed by atoms with Gasteiger partial charge in [0.2, 0.25) is 10.0 Å². The fourth-order valence-electron chi connectivity index (χ4n) is 2.64. The largest absolute Gasteiger partial charge is 0.301 e. The molecule has 2 heterocycles. The lowest BCUT2D eigenvalue weighted by Crippen LogP contribution is -2.47. The van der Waals surface area contributed by atoms with Gasteiger partial charge in [0.05, 0.1) is 0 Å². The predicted molar refractivity (Wildman–Crippen MR) is 83.9 cm³/mol. The maximum atomic E-state index is 12.6. The lowest BCUT2D eigenvalue weighted by Gasteiger charge is -2.37. The van der Waals surface area contributed by atoms with Crippen molar-refractivity contribution in [1.29, 1.82) is 0 Å². The van der Waals surface area contributed by atoms with Crippen LogP contribution in [0.4, 0.5) is 0 Å². The van der Waals surface area contributed by atoms with E-state index >= 15 is 0 Å². The molecule has 7 heteroatoms. The van der Waals surface area contributed by atoms with E-state index in [1.54, 1.807) is 7.05 Å². The summed E-state index contributed by atoms with van der Waals surface area (Å²) >= 11 is 5.71. The molecule has 1 aromatic heterocycles. The van der Waals surface area contributed by atoms with Crippen molar-refractivity contribution in [2.45, 2.75) is 43.7 Å². The van der Waals surface area contributed by atoms with Crippen LogP contribution in [0.2, 0.25) is 5.15 Å². The zero-order chi connectivity index (χ0) is 15.6.